The van der Waals surface area contributed by atoms with E-state index in [1.54, 1.807) is 0 Å². The van der Waals surface area contributed by atoms with Gasteiger partial charge in [0.25, 0.3) is 0 Å². The van der Waals surface area contributed by atoms with Gasteiger partial charge in [0.05, 0.1) is 6.54 Å². The highest BCUT2D eigenvalue weighted by Crippen LogP contribution is 2.28. The molecule has 0 saturated heterocycles. The summed E-state index contributed by atoms with van der Waals surface area (Å²) in [5.74, 6) is 3.36. The summed E-state index contributed by atoms with van der Waals surface area (Å²) in [6.07, 6.45) is 1.91. The molecule has 1 saturated carbocycles. The van der Waals surface area contributed by atoms with E-state index in [1.807, 2.05) is 0 Å². The van der Waals surface area contributed by atoms with Crippen LogP contribution in [0.2, 0.25) is 0 Å². The topological polar surface area (TPSA) is 75.3 Å². The summed E-state index contributed by atoms with van der Waals surface area (Å²) in [4.78, 5) is 8.89. The second-order valence-electron chi connectivity index (χ2n) is 5.68. The van der Waals surface area contributed by atoms with Crippen LogP contribution >= 0.6 is 24.0 Å². The molecular weight excluding hydrogens is 381 g/mol. The molecule has 0 aliphatic heterocycles. The van der Waals surface area contributed by atoms with Gasteiger partial charge in [-0.15, -0.1) is 24.0 Å². The molecule has 2 unspecified atom stereocenters. The van der Waals surface area contributed by atoms with Crippen LogP contribution < -0.4 is 10.6 Å². The zero-order valence-corrected chi connectivity index (χ0v) is 15.5. The molecular formula is C14H26IN5O. The van der Waals surface area contributed by atoms with Gasteiger partial charge in [-0.05, 0) is 19.3 Å². The number of hydrogen-bond donors (Lipinski definition) is 2. The lowest BCUT2D eigenvalue weighted by molar-refractivity contribution is 0.372. The Hall–Kier alpha value is -0.860. The van der Waals surface area contributed by atoms with Crippen LogP contribution in [-0.2, 0) is 6.42 Å². The molecule has 21 heavy (non-hydrogen) atoms. The lowest BCUT2D eigenvalue weighted by Crippen LogP contribution is -2.39. The van der Waals surface area contributed by atoms with Crippen molar-refractivity contribution in [3.63, 3.8) is 0 Å². The van der Waals surface area contributed by atoms with E-state index in [4.69, 9.17) is 4.52 Å². The first-order valence-corrected chi connectivity index (χ1v) is 7.47. The molecule has 1 aliphatic rings. The van der Waals surface area contributed by atoms with E-state index in [2.05, 4.69) is 53.5 Å². The smallest absolute Gasteiger partial charge is 0.228 e. The molecule has 0 spiro atoms. The maximum absolute atomic E-state index is 5.21. The Labute approximate surface area is 143 Å². The van der Waals surface area contributed by atoms with Crippen molar-refractivity contribution in [2.45, 2.75) is 52.5 Å². The number of nitrogens with one attached hydrogen (secondary N) is 2. The monoisotopic (exact) mass is 407 g/mol. The third-order valence-electron chi connectivity index (χ3n) is 3.37. The Balaban J connectivity index is 0.00000220. The first kappa shape index (κ1) is 18.2. The molecule has 7 heteroatoms. The van der Waals surface area contributed by atoms with Gasteiger partial charge >= 0.3 is 0 Å². The average molecular weight is 407 g/mol. The minimum absolute atomic E-state index is 0. The Bertz CT molecular complexity index is 460. The highest BCUT2D eigenvalue weighted by molar-refractivity contribution is 14.0. The molecule has 2 atom stereocenters. The second-order valence-corrected chi connectivity index (χ2v) is 5.68. The van der Waals surface area contributed by atoms with Crippen molar-refractivity contribution >= 4 is 29.9 Å². The third-order valence-corrected chi connectivity index (χ3v) is 3.37. The quantitative estimate of drug-likeness (QED) is 0.430. The number of nitrogens with zero attached hydrogens (tertiary/aromatic N) is 3. The molecule has 2 rings (SSSR count). The van der Waals surface area contributed by atoms with Gasteiger partial charge < -0.3 is 15.2 Å². The lowest BCUT2D eigenvalue weighted by atomic mass is 10.2. The van der Waals surface area contributed by atoms with Gasteiger partial charge in [-0.1, -0.05) is 25.9 Å². The summed E-state index contributed by atoms with van der Waals surface area (Å²) in [6.45, 7) is 9.93. The van der Waals surface area contributed by atoms with E-state index in [9.17, 15) is 0 Å². The average Bonchev–Trinajstić information content (AvgIpc) is 2.91. The lowest BCUT2D eigenvalue weighted by Gasteiger charge is -2.10. The Morgan fingerprint density at radius 2 is 2.19 bits per heavy atom. The van der Waals surface area contributed by atoms with Crippen LogP contribution in [0.4, 0.5) is 0 Å². The number of hydrogen-bond acceptors (Lipinski definition) is 4. The van der Waals surface area contributed by atoms with Crippen molar-refractivity contribution in [3.8, 4) is 0 Å². The maximum Gasteiger partial charge on any atom is 0.228 e. The Morgan fingerprint density at radius 1 is 1.48 bits per heavy atom. The zero-order chi connectivity index (χ0) is 14.5. The predicted octanol–water partition coefficient (Wildman–Crippen LogP) is 2.32. The molecule has 0 radical (unpaired) electrons. The molecule has 0 amide bonds. The van der Waals surface area contributed by atoms with E-state index in [-0.39, 0.29) is 24.0 Å². The zero-order valence-electron chi connectivity index (χ0n) is 13.2. The van der Waals surface area contributed by atoms with Crippen molar-refractivity contribution in [2.24, 2.45) is 10.9 Å². The molecule has 1 fully saturated rings. The van der Waals surface area contributed by atoms with E-state index >= 15 is 0 Å². The highest BCUT2D eigenvalue weighted by Gasteiger charge is 2.33. The summed E-state index contributed by atoms with van der Waals surface area (Å²) in [5, 5.41) is 10.6. The minimum Gasteiger partial charge on any atom is -0.357 e. The minimum atomic E-state index is 0. The predicted molar refractivity (Wildman–Crippen MR) is 94.2 cm³/mol. The molecule has 1 heterocycles. The van der Waals surface area contributed by atoms with Crippen LogP contribution in [0.3, 0.4) is 0 Å². The van der Waals surface area contributed by atoms with Gasteiger partial charge in [0.2, 0.25) is 5.89 Å². The summed E-state index contributed by atoms with van der Waals surface area (Å²) < 4.78 is 5.21. The SMILES string of the molecule is CCNC(=NCCc1nc(C(C)C)no1)NC1CC1C.I. The van der Waals surface area contributed by atoms with Crippen LogP contribution in [0.5, 0.6) is 0 Å². The Kier molecular flexibility index (Phi) is 7.41. The summed E-state index contributed by atoms with van der Waals surface area (Å²) in [7, 11) is 0. The number of aromatic nitrogens is 2. The van der Waals surface area contributed by atoms with Gasteiger partial charge in [-0.2, -0.15) is 4.98 Å². The van der Waals surface area contributed by atoms with Gasteiger partial charge in [0.1, 0.15) is 0 Å². The fourth-order valence-electron chi connectivity index (χ4n) is 1.89. The van der Waals surface area contributed by atoms with Gasteiger partial charge in [0, 0.05) is 24.9 Å². The van der Waals surface area contributed by atoms with Crippen LogP contribution in [0, 0.1) is 5.92 Å². The normalized spacial score (nSPS) is 21.1. The molecule has 0 aromatic carbocycles. The van der Waals surface area contributed by atoms with Crippen LogP contribution in [-0.4, -0.2) is 35.2 Å². The molecule has 1 aromatic heterocycles. The molecule has 1 aromatic rings. The molecule has 1 aliphatic carbocycles. The fourth-order valence-corrected chi connectivity index (χ4v) is 1.89. The fraction of sp³-hybridized carbons (Fsp3) is 0.786. The highest BCUT2D eigenvalue weighted by atomic mass is 127. The van der Waals surface area contributed by atoms with E-state index < -0.39 is 0 Å². The number of guanidine groups is 1. The van der Waals surface area contributed by atoms with Gasteiger partial charge in [-0.3, -0.25) is 4.99 Å². The molecule has 6 nitrogen and oxygen atoms in total. The van der Waals surface area contributed by atoms with Gasteiger partial charge in [-0.25, -0.2) is 0 Å². The standard InChI is InChI=1S/C14H25N5O.HI/c1-5-15-14(17-11-8-10(11)4)16-7-6-12-18-13(9(2)3)19-20-12;/h9-11H,5-8H2,1-4H3,(H2,15,16,17);1H. The molecule has 2 N–H and O–H groups in total. The molecule has 120 valence electrons. The Morgan fingerprint density at radius 3 is 2.71 bits per heavy atom. The number of halogens is 1. The van der Waals surface area contributed by atoms with Crippen LogP contribution in [0.1, 0.15) is 51.7 Å². The van der Waals surface area contributed by atoms with Crippen LogP contribution in [0.15, 0.2) is 9.52 Å². The van der Waals surface area contributed by atoms with Crippen molar-refractivity contribution < 1.29 is 4.52 Å². The maximum atomic E-state index is 5.21. The van der Waals surface area contributed by atoms with Crippen molar-refractivity contribution in [2.75, 3.05) is 13.1 Å². The van der Waals surface area contributed by atoms with Crippen molar-refractivity contribution in [1.29, 1.82) is 0 Å². The second kappa shape index (κ2) is 8.55. The van der Waals surface area contributed by atoms with Crippen molar-refractivity contribution in [1.82, 2.24) is 20.8 Å². The largest absolute Gasteiger partial charge is 0.357 e. The first-order valence-electron chi connectivity index (χ1n) is 7.47. The van der Waals surface area contributed by atoms with E-state index in [0.29, 0.717) is 30.8 Å². The molecule has 0 bridgehead atoms. The number of aliphatic imine (C=N–C) groups is 1. The third kappa shape index (κ3) is 5.80. The summed E-state index contributed by atoms with van der Waals surface area (Å²) >= 11 is 0. The van der Waals surface area contributed by atoms with Gasteiger partial charge in [0.15, 0.2) is 11.8 Å². The van der Waals surface area contributed by atoms with Crippen molar-refractivity contribution in [3.05, 3.63) is 11.7 Å². The van der Waals surface area contributed by atoms with E-state index in [0.717, 1.165) is 24.2 Å². The number of rotatable bonds is 6. The summed E-state index contributed by atoms with van der Waals surface area (Å²) in [5.41, 5.74) is 0. The van der Waals surface area contributed by atoms with E-state index in [1.165, 1.54) is 6.42 Å². The van der Waals surface area contributed by atoms with Crippen LogP contribution in [0.25, 0.3) is 0 Å². The first-order chi connectivity index (χ1) is 9.60. The summed E-state index contributed by atoms with van der Waals surface area (Å²) in [6, 6.07) is 0.573.